The van der Waals surface area contributed by atoms with E-state index in [1.165, 1.54) is 11.1 Å². The molecule has 8 aromatic carbocycles. The Hall–Kier alpha value is -6.58. The molecule has 0 spiro atoms. The first kappa shape index (κ1) is 27.5. The number of nitrogens with zero attached hydrogens (tertiary/aromatic N) is 1. The molecule has 0 aliphatic rings. The van der Waals surface area contributed by atoms with Gasteiger partial charge in [0.2, 0.25) is 0 Å². The van der Waals surface area contributed by atoms with Crippen molar-refractivity contribution in [1.29, 1.82) is 0 Å². The van der Waals surface area contributed by atoms with Gasteiger partial charge in [-0.1, -0.05) is 127 Å². The van der Waals surface area contributed by atoms with Gasteiger partial charge in [-0.05, 0) is 70.6 Å². The summed E-state index contributed by atoms with van der Waals surface area (Å²) in [6, 6.07) is 61.8. The maximum Gasteiger partial charge on any atom is 0.143 e. The molecule has 0 bridgehead atoms. The molecule has 230 valence electrons. The first-order valence-corrected chi connectivity index (χ1v) is 16.6. The Balaban J connectivity index is 1.25. The van der Waals surface area contributed by atoms with Crippen molar-refractivity contribution >= 4 is 71.7 Å². The number of hydrogen-bond donors (Lipinski definition) is 0. The predicted octanol–water partition coefficient (Wildman–Crippen LogP) is 13.4. The van der Waals surface area contributed by atoms with Crippen LogP contribution in [0.15, 0.2) is 185 Å². The summed E-state index contributed by atoms with van der Waals surface area (Å²) < 4.78 is 13.3. The van der Waals surface area contributed by atoms with Crippen molar-refractivity contribution < 1.29 is 8.83 Å². The lowest BCUT2D eigenvalue weighted by molar-refractivity contribution is 0.670. The SMILES string of the molecule is c1ccc(-c2ccc(N(c3ccccc3)c3cccc4oc5c6ccccc6c(-c6cccc7c6oc6ccccc67)cc5c34)cc2)cc1. The Morgan fingerprint density at radius 3 is 1.73 bits per heavy atom. The third kappa shape index (κ3) is 4.37. The van der Waals surface area contributed by atoms with E-state index in [0.717, 1.165) is 82.8 Å². The number of benzene rings is 8. The fourth-order valence-electron chi connectivity index (χ4n) is 7.44. The molecule has 0 N–H and O–H groups in total. The van der Waals surface area contributed by atoms with Crippen molar-refractivity contribution in [2.45, 2.75) is 0 Å². The van der Waals surface area contributed by atoms with Crippen LogP contribution in [0.5, 0.6) is 0 Å². The van der Waals surface area contributed by atoms with Crippen LogP contribution >= 0.6 is 0 Å². The number of para-hydroxylation sites is 3. The van der Waals surface area contributed by atoms with Gasteiger partial charge >= 0.3 is 0 Å². The number of furan rings is 2. The molecular weight excluding hydrogens is 599 g/mol. The minimum absolute atomic E-state index is 0.846. The summed E-state index contributed by atoms with van der Waals surface area (Å²) in [6.45, 7) is 0. The van der Waals surface area contributed by atoms with Crippen LogP contribution in [0.3, 0.4) is 0 Å². The van der Waals surface area contributed by atoms with Gasteiger partial charge in [-0.15, -0.1) is 0 Å². The van der Waals surface area contributed by atoms with E-state index in [2.05, 4.69) is 169 Å². The maximum absolute atomic E-state index is 6.78. The van der Waals surface area contributed by atoms with E-state index in [4.69, 9.17) is 8.83 Å². The second kappa shape index (κ2) is 11.0. The molecule has 0 saturated carbocycles. The Kier molecular flexibility index (Phi) is 6.18. The van der Waals surface area contributed by atoms with E-state index < -0.39 is 0 Å². The zero-order valence-corrected chi connectivity index (χ0v) is 26.5. The van der Waals surface area contributed by atoms with Gasteiger partial charge in [0.15, 0.2) is 0 Å². The molecule has 10 rings (SSSR count). The van der Waals surface area contributed by atoms with Gasteiger partial charge in [-0.25, -0.2) is 0 Å². The van der Waals surface area contributed by atoms with Crippen molar-refractivity contribution in [3.8, 4) is 22.3 Å². The van der Waals surface area contributed by atoms with Crippen LogP contribution < -0.4 is 4.90 Å². The van der Waals surface area contributed by atoms with Crippen LogP contribution in [0.25, 0.3) is 76.9 Å². The summed E-state index contributed by atoms with van der Waals surface area (Å²) in [5.74, 6) is 0. The van der Waals surface area contributed by atoms with Crippen LogP contribution in [0.1, 0.15) is 0 Å². The molecule has 0 radical (unpaired) electrons. The number of fused-ring (bicyclic) bond motifs is 8. The van der Waals surface area contributed by atoms with Crippen molar-refractivity contribution in [2.75, 3.05) is 4.90 Å². The van der Waals surface area contributed by atoms with Gasteiger partial charge in [0.25, 0.3) is 0 Å². The van der Waals surface area contributed by atoms with Crippen molar-refractivity contribution in [3.05, 3.63) is 176 Å². The van der Waals surface area contributed by atoms with Gasteiger partial charge in [-0.2, -0.15) is 0 Å². The molecule has 0 fully saturated rings. The minimum atomic E-state index is 0.846. The second-order valence-electron chi connectivity index (χ2n) is 12.5. The minimum Gasteiger partial charge on any atom is -0.455 e. The predicted molar refractivity (Wildman–Crippen MR) is 204 cm³/mol. The molecule has 3 nitrogen and oxygen atoms in total. The summed E-state index contributed by atoms with van der Waals surface area (Å²) in [7, 11) is 0. The Morgan fingerprint density at radius 2 is 0.918 bits per heavy atom. The highest BCUT2D eigenvalue weighted by Crippen LogP contribution is 2.47. The molecular formula is C46H29NO2. The van der Waals surface area contributed by atoms with Gasteiger partial charge in [0.05, 0.1) is 11.1 Å². The van der Waals surface area contributed by atoms with E-state index in [-0.39, 0.29) is 0 Å². The average molecular weight is 628 g/mol. The standard InChI is InChI=1S/C46H29NO2/c1-3-13-30(14-4-1)31-25-27-33(28-26-31)47(32-15-5-2-6-16-32)41-22-12-24-43-44(41)40-29-39(34-17-7-8-19-36(34)46(40)49-43)38-21-11-20-37-35-18-9-10-23-42(35)48-45(37)38/h1-29H. The molecule has 0 amide bonds. The van der Waals surface area contributed by atoms with Gasteiger partial charge < -0.3 is 13.7 Å². The molecule has 3 heteroatoms. The number of rotatable bonds is 5. The lowest BCUT2D eigenvalue weighted by Crippen LogP contribution is -2.10. The highest BCUT2D eigenvalue weighted by Gasteiger charge is 2.23. The molecule has 49 heavy (non-hydrogen) atoms. The zero-order chi connectivity index (χ0) is 32.3. The quantitative estimate of drug-likeness (QED) is 0.190. The normalized spacial score (nSPS) is 11.7. The smallest absolute Gasteiger partial charge is 0.143 e. The molecule has 0 aliphatic carbocycles. The van der Waals surface area contributed by atoms with Crippen molar-refractivity contribution in [2.24, 2.45) is 0 Å². The largest absolute Gasteiger partial charge is 0.455 e. The van der Waals surface area contributed by atoms with E-state index in [1.807, 2.05) is 12.1 Å². The van der Waals surface area contributed by atoms with Crippen LogP contribution in [-0.4, -0.2) is 0 Å². The summed E-state index contributed by atoms with van der Waals surface area (Å²) >= 11 is 0. The van der Waals surface area contributed by atoms with Crippen molar-refractivity contribution in [1.82, 2.24) is 0 Å². The first-order chi connectivity index (χ1) is 24.3. The van der Waals surface area contributed by atoms with E-state index in [0.29, 0.717) is 0 Å². The Bertz CT molecular complexity index is 2810. The Labute approximate surface area is 282 Å². The fourth-order valence-corrected chi connectivity index (χ4v) is 7.44. The molecule has 0 saturated heterocycles. The molecule has 0 aliphatic heterocycles. The highest BCUT2D eigenvalue weighted by molar-refractivity contribution is 6.24. The lowest BCUT2D eigenvalue weighted by Gasteiger charge is -2.26. The second-order valence-corrected chi connectivity index (χ2v) is 12.5. The third-order valence-corrected chi connectivity index (χ3v) is 9.66. The summed E-state index contributed by atoms with van der Waals surface area (Å²) in [4.78, 5) is 2.33. The monoisotopic (exact) mass is 627 g/mol. The zero-order valence-electron chi connectivity index (χ0n) is 26.5. The summed E-state index contributed by atoms with van der Waals surface area (Å²) in [5.41, 5.74) is 11.3. The van der Waals surface area contributed by atoms with Gasteiger partial charge in [-0.3, -0.25) is 0 Å². The fraction of sp³-hybridized carbons (Fsp3) is 0. The van der Waals surface area contributed by atoms with E-state index in [1.54, 1.807) is 0 Å². The van der Waals surface area contributed by atoms with E-state index >= 15 is 0 Å². The molecule has 2 aromatic heterocycles. The lowest BCUT2D eigenvalue weighted by atomic mass is 9.94. The molecule has 2 heterocycles. The van der Waals surface area contributed by atoms with Gasteiger partial charge in [0.1, 0.15) is 22.3 Å². The molecule has 0 atom stereocenters. The van der Waals surface area contributed by atoms with Gasteiger partial charge in [0, 0.05) is 38.5 Å². The maximum atomic E-state index is 6.78. The third-order valence-electron chi connectivity index (χ3n) is 9.66. The molecule has 0 unspecified atom stereocenters. The summed E-state index contributed by atoms with van der Waals surface area (Å²) in [6.07, 6.45) is 0. The number of hydrogen-bond acceptors (Lipinski definition) is 3. The Morgan fingerprint density at radius 1 is 0.347 bits per heavy atom. The van der Waals surface area contributed by atoms with Crippen LogP contribution in [0.2, 0.25) is 0 Å². The van der Waals surface area contributed by atoms with Crippen molar-refractivity contribution in [3.63, 3.8) is 0 Å². The number of anilines is 3. The van der Waals surface area contributed by atoms with E-state index in [9.17, 15) is 0 Å². The average Bonchev–Trinajstić information content (AvgIpc) is 3.75. The topological polar surface area (TPSA) is 29.5 Å². The molecule has 10 aromatic rings. The first-order valence-electron chi connectivity index (χ1n) is 16.6. The highest BCUT2D eigenvalue weighted by atomic mass is 16.3. The summed E-state index contributed by atoms with van der Waals surface area (Å²) in [5, 5.41) is 6.57. The van der Waals surface area contributed by atoms with Crippen LogP contribution in [0.4, 0.5) is 17.1 Å². The van der Waals surface area contributed by atoms with Crippen LogP contribution in [-0.2, 0) is 0 Å². The van der Waals surface area contributed by atoms with Crippen LogP contribution in [0, 0.1) is 0 Å².